The van der Waals surface area contributed by atoms with Crippen LogP contribution in [0.25, 0.3) is 0 Å². The molecule has 2 rings (SSSR count). The normalized spacial score (nSPS) is 12.3. The van der Waals surface area contributed by atoms with Crippen LogP contribution in [0.15, 0.2) is 24.4 Å². The van der Waals surface area contributed by atoms with Gasteiger partial charge in [0.1, 0.15) is 17.4 Å². The smallest absolute Gasteiger partial charge is 0.128 e. The van der Waals surface area contributed by atoms with E-state index in [-0.39, 0.29) is 5.56 Å². The van der Waals surface area contributed by atoms with Gasteiger partial charge in [0.15, 0.2) is 0 Å². The van der Waals surface area contributed by atoms with Gasteiger partial charge < -0.3 is 10.5 Å². The topological polar surface area (TPSA) is 48.1 Å². The molecule has 0 spiro atoms. The maximum Gasteiger partial charge on any atom is 0.128 e. The SMILES string of the molecule is COc1c(C)cnc(CC(N)c2cc(F)ccc2F)c1C. The number of halogens is 2. The van der Waals surface area contributed by atoms with E-state index in [9.17, 15) is 8.78 Å². The van der Waals surface area contributed by atoms with Crippen molar-refractivity contribution in [1.82, 2.24) is 4.98 Å². The maximum atomic E-state index is 13.7. The Bertz CT molecular complexity index is 659. The lowest BCUT2D eigenvalue weighted by Gasteiger charge is -2.16. The van der Waals surface area contributed by atoms with Crippen molar-refractivity contribution in [2.24, 2.45) is 5.73 Å². The van der Waals surface area contributed by atoms with Crippen molar-refractivity contribution in [3.8, 4) is 5.75 Å². The van der Waals surface area contributed by atoms with Gasteiger partial charge in [-0.2, -0.15) is 0 Å². The summed E-state index contributed by atoms with van der Waals surface area (Å²) in [6.45, 7) is 3.78. The van der Waals surface area contributed by atoms with Gasteiger partial charge in [0, 0.05) is 41.0 Å². The molecule has 1 unspecified atom stereocenters. The van der Waals surface area contributed by atoms with Gasteiger partial charge in [-0.3, -0.25) is 4.98 Å². The van der Waals surface area contributed by atoms with E-state index in [0.29, 0.717) is 12.1 Å². The van der Waals surface area contributed by atoms with Crippen molar-refractivity contribution in [3.63, 3.8) is 0 Å². The summed E-state index contributed by atoms with van der Waals surface area (Å²) >= 11 is 0. The molecule has 1 aromatic heterocycles. The van der Waals surface area contributed by atoms with Crippen molar-refractivity contribution >= 4 is 0 Å². The molecule has 0 saturated carbocycles. The van der Waals surface area contributed by atoms with Gasteiger partial charge in [0.05, 0.1) is 7.11 Å². The lowest BCUT2D eigenvalue weighted by atomic mass is 9.99. The van der Waals surface area contributed by atoms with E-state index in [1.54, 1.807) is 13.3 Å². The molecule has 0 aliphatic rings. The summed E-state index contributed by atoms with van der Waals surface area (Å²) in [6.07, 6.45) is 2.00. The van der Waals surface area contributed by atoms with E-state index in [1.807, 2.05) is 13.8 Å². The van der Waals surface area contributed by atoms with Crippen LogP contribution in [0, 0.1) is 25.5 Å². The van der Waals surface area contributed by atoms with Crippen LogP contribution in [0.3, 0.4) is 0 Å². The van der Waals surface area contributed by atoms with E-state index in [4.69, 9.17) is 10.5 Å². The predicted molar refractivity (Wildman–Crippen MR) is 77.3 cm³/mol. The van der Waals surface area contributed by atoms with Crippen LogP contribution >= 0.6 is 0 Å². The fourth-order valence-electron chi connectivity index (χ4n) is 2.39. The highest BCUT2D eigenvalue weighted by atomic mass is 19.1. The van der Waals surface area contributed by atoms with Crippen molar-refractivity contribution in [1.29, 1.82) is 0 Å². The fourth-order valence-corrected chi connectivity index (χ4v) is 2.39. The molecule has 0 bridgehead atoms. The molecule has 5 heteroatoms. The summed E-state index contributed by atoms with van der Waals surface area (Å²) in [6, 6.07) is 2.62. The molecule has 1 atom stereocenters. The predicted octanol–water partition coefficient (Wildman–Crippen LogP) is 3.23. The standard InChI is InChI=1S/C16H18F2N2O/c1-9-8-20-15(10(2)16(9)21-3)7-14(19)12-6-11(17)4-5-13(12)18/h4-6,8,14H,7,19H2,1-3H3. The maximum absolute atomic E-state index is 13.7. The van der Waals surface area contributed by atoms with Crippen LogP contribution in [-0.2, 0) is 6.42 Å². The van der Waals surface area contributed by atoms with E-state index in [0.717, 1.165) is 35.1 Å². The number of benzene rings is 1. The number of aryl methyl sites for hydroxylation is 1. The first-order valence-corrected chi connectivity index (χ1v) is 6.63. The number of aromatic nitrogens is 1. The number of methoxy groups -OCH3 is 1. The van der Waals surface area contributed by atoms with Gasteiger partial charge in [0.2, 0.25) is 0 Å². The zero-order valence-corrected chi connectivity index (χ0v) is 12.3. The van der Waals surface area contributed by atoms with Gasteiger partial charge in [-0.25, -0.2) is 8.78 Å². The van der Waals surface area contributed by atoms with Crippen molar-refractivity contribution in [2.45, 2.75) is 26.3 Å². The van der Waals surface area contributed by atoms with Gasteiger partial charge in [-0.15, -0.1) is 0 Å². The third-order valence-corrected chi connectivity index (χ3v) is 3.52. The Balaban J connectivity index is 2.32. The number of rotatable bonds is 4. The van der Waals surface area contributed by atoms with Crippen LogP contribution in [0.5, 0.6) is 5.75 Å². The number of nitrogens with zero attached hydrogens (tertiary/aromatic N) is 1. The molecule has 0 radical (unpaired) electrons. The van der Waals surface area contributed by atoms with Gasteiger partial charge in [-0.1, -0.05) is 0 Å². The molecule has 0 amide bonds. The van der Waals surface area contributed by atoms with Crippen LogP contribution in [0.4, 0.5) is 8.78 Å². The number of ether oxygens (including phenoxy) is 1. The molecule has 1 aromatic carbocycles. The molecule has 2 N–H and O–H groups in total. The molecular formula is C16H18F2N2O. The molecule has 0 saturated heterocycles. The van der Waals surface area contributed by atoms with Crippen LogP contribution < -0.4 is 10.5 Å². The lowest BCUT2D eigenvalue weighted by molar-refractivity contribution is 0.406. The molecule has 0 aliphatic carbocycles. The Morgan fingerprint density at radius 3 is 2.67 bits per heavy atom. The van der Waals surface area contributed by atoms with E-state index in [2.05, 4.69) is 4.98 Å². The zero-order valence-electron chi connectivity index (χ0n) is 12.3. The summed E-state index contributed by atoms with van der Waals surface area (Å²) < 4.78 is 32.3. The first-order valence-electron chi connectivity index (χ1n) is 6.63. The molecule has 112 valence electrons. The third-order valence-electron chi connectivity index (χ3n) is 3.52. The molecule has 2 aromatic rings. The highest BCUT2D eigenvalue weighted by molar-refractivity contribution is 5.41. The second-order valence-electron chi connectivity index (χ2n) is 5.02. The van der Waals surface area contributed by atoms with Crippen molar-refractivity contribution in [3.05, 3.63) is 58.4 Å². The summed E-state index contributed by atoms with van der Waals surface area (Å²) in [5, 5.41) is 0. The minimum atomic E-state index is -0.667. The average molecular weight is 292 g/mol. The Hall–Kier alpha value is -2.01. The van der Waals surface area contributed by atoms with Crippen molar-refractivity contribution < 1.29 is 13.5 Å². The first-order chi connectivity index (χ1) is 9.93. The zero-order chi connectivity index (χ0) is 15.6. The second kappa shape index (κ2) is 6.18. The second-order valence-corrected chi connectivity index (χ2v) is 5.02. The van der Waals surface area contributed by atoms with Crippen LogP contribution in [0.1, 0.15) is 28.4 Å². The molecule has 1 heterocycles. The highest BCUT2D eigenvalue weighted by Crippen LogP contribution is 2.27. The summed E-state index contributed by atoms with van der Waals surface area (Å²) in [5.41, 5.74) is 8.66. The summed E-state index contributed by atoms with van der Waals surface area (Å²) in [5.74, 6) is -0.277. The Labute approximate surface area is 122 Å². The van der Waals surface area contributed by atoms with Gasteiger partial charge >= 0.3 is 0 Å². The van der Waals surface area contributed by atoms with Gasteiger partial charge in [-0.05, 0) is 32.0 Å². The fraction of sp³-hybridized carbons (Fsp3) is 0.312. The minimum absolute atomic E-state index is 0.149. The number of hydrogen-bond donors (Lipinski definition) is 1. The van der Waals surface area contributed by atoms with Crippen molar-refractivity contribution in [2.75, 3.05) is 7.11 Å². The van der Waals surface area contributed by atoms with Gasteiger partial charge in [0.25, 0.3) is 0 Å². The quantitative estimate of drug-likeness (QED) is 0.941. The molecule has 21 heavy (non-hydrogen) atoms. The molecule has 3 nitrogen and oxygen atoms in total. The number of hydrogen-bond acceptors (Lipinski definition) is 3. The molecule has 0 aliphatic heterocycles. The summed E-state index contributed by atoms with van der Waals surface area (Å²) in [7, 11) is 1.59. The van der Waals surface area contributed by atoms with E-state index < -0.39 is 17.7 Å². The van der Waals surface area contributed by atoms with E-state index in [1.165, 1.54) is 0 Å². The average Bonchev–Trinajstić information content (AvgIpc) is 2.45. The molecule has 0 fully saturated rings. The summed E-state index contributed by atoms with van der Waals surface area (Å²) in [4.78, 5) is 4.33. The third kappa shape index (κ3) is 3.19. The largest absolute Gasteiger partial charge is 0.496 e. The molecular weight excluding hydrogens is 274 g/mol. The highest BCUT2D eigenvalue weighted by Gasteiger charge is 2.17. The minimum Gasteiger partial charge on any atom is -0.496 e. The van der Waals surface area contributed by atoms with Crippen LogP contribution in [0.2, 0.25) is 0 Å². The van der Waals surface area contributed by atoms with E-state index >= 15 is 0 Å². The Morgan fingerprint density at radius 2 is 2.00 bits per heavy atom. The first kappa shape index (κ1) is 15.4. The Kier molecular flexibility index (Phi) is 4.53. The Morgan fingerprint density at radius 1 is 1.29 bits per heavy atom. The number of nitrogens with two attached hydrogens (primary N) is 1. The number of pyridine rings is 1. The lowest BCUT2D eigenvalue weighted by Crippen LogP contribution is -2.17. The van der Waals surface area contributed by atoms with Crippen LogP contribution in [-0.4, -0.2) is 12.1 Å². The monoisotopic (exact) mass is 292 g/mol.